The second-order valence-electron chi connectivity index (χ2n) is 5.91. The third-order valence-electron chi connectivity index (χ3n) is 3.93. The molecule has 1 aromatic carbocycles. The standard InChI is InChI=1S/C17H14ClF3N2O3S2/c1-9-15(13-7-14(26-23-13)17(19,20)21)16(10(2)27-9)28(24,25)22-8-11-5-3-4-6-12(11)18/h3-7,22H,8H2,1-2H3. The summed E-state index contributed by atoms with van der Waals surface area (Å²) in [6.45, 7) is 3.13. The maximum Gasteiger partial charge on any atom is 0.452 e. The van der Waals surface area contributed by atoms with Crippen LogP contribution in [0.4, 0.5) is 13.2 Å². The predicted octanol–water partition coefficient (Wildman–Crippen LogP) is 5.17. The van der Waals surface area contributed by atoms with E-state index in [1.165, 1.54) is 0 Å². The minimum atomic E-state index is -4.72. The molecule has 150 valence electrons. The lowest BCUT2D eigenvalue weighted by Gasteiger charge is -2.10. The molecule has 28 heavy (non-hydrogen) atoms. The number of aryl methyl sites for hydroxylation is 2. The summed E-state index contributed by atoms with van der Waals surface area (Å²) in [5, 5.41) is 3.83. The molecule has 11 heteroatoms. The number of thiophene rings is 1. The van der Waals surface area contributed by atoms with Crippen molar-refractivity contribution in [3.8, 4) is 11.3 Å². The van der Waals surface area contributed by atoms with E-state index in [9.17, 15) is 21.6 Å². The first kappa shape index (κ1) is 20.8. The smallest absolute Gasteiger partial charge is 0.351 e. The molecule has 2 heterocycles. The molecule has 0 amide bonds. The molecule has 3 rings (SSSR count). The first-order valence-electron chi connectivity index (χ1n) is 7.88. The zero-order chi connectivity index (χ0) is 20.7. The summed E-state index contributed by atoms with van der Waals surface area (Å²) in [5.41, 5.74) is 0.473. The van der Waals surface area contributed by atoms with Crippen molar-refractivity contribution < 1.29 is 26.1 Å². The molecule has 0 bridgehead atoms. The van der Waals surface area contributed by atoms with Crippen LogP contribution in [0.15, 0.2) is 39.8 Å². The van der Waals surface area contributed by atoms with Crippen molar-refractivity contribution in [3.63, 3.8) is 0 Å². The molecule has 5 nitrogen and oxygen atoms in total. The van der Waals surface area contributed by atoms with Gasteiger partial charge in [0.05, 0.1) is 0 Å². The van der Waals surface area contributed by atoms with Crippen LogP contribution >= 0.6 is 22.9 Å². The minimum absolute atomic E-state index is 0.0671. The zero-order valence-electron chi connectivity index (χ0n) is 14.6. The molecular formula is C17H14ClF3N2O3S2. The average molecular weight is 451 g/mol. The Morgan fingerprint density at radius 3 is 2.50 bits per heavy atom. The van der Waals surface area contributed by atoms with Crippen LogP contribution in [0.25, 0.3) is 11.3 Å². The Labute approximate surface area is 168 Å². The molecular weight excluding hydrogens is 437 g/mol. The topological polar surface area (TPSA) is 72.2 Å². The lowest BCUT2D eigenvalue weighted by atomic mass is 10.1. The molecule has 0 saturated carbocycles. The second kappa shape index (κ2) is 7.51. The van der Waals surface area contributed by atoms with Gasteiger partial charge in [-0.1, -0.05) is 35.0 Å². The quantitative estimate of drug-likeness (QED) is 0.582. The number of benzene rings is 1. The van der Waals surface area contributed by atoms with E-state index in [0.29, 0.717) is 26.4 Å². The lowest BCUT2D eigenvalue weighted by molar-refractivity contribution is -0.155. The van der Waals surface area contributed by atoms with E-state index in [-0.39, 0.29) is 22.7 Å². The fraction of sp³-hybridized carbons (Fsp3) is 0.235. The molecule has 0 aliphatic heterocycles. The SMILES string of the molecule is Cc1sc(C)c(S(=O)(=O)NCc2ccccc2Cl)c1-c1cc(C(F)(F)F)on1. The Hall–Kier alpha value is -1.88. The first-order valence-corrected chi connectivity index (χ1v) is 10.6. The Bertz CT molecular complexity index is 1120. The molecule has 3 aromatic rings. The van der Waals surface area contributed by atoms with Gasteiger partial charge in [-0.15, -0.1) is 11.3 Å². The van der Waals surface area contributed by atoms with Crippen LogP contribution in [0.2, 0.25) is 5.02 Å². The Balaban J connectivity index is 2.00. The largest absolute Gasteiger partial charge is 0.452 e. The molecule has 0 aliphatic carbocycles. The van der Waals surface area contributed by atoms with Gasteiger partial charge < -0.3 is 4.52 Å². The Morgan fingerprint density at radius 1 is 1.21 bits per heavy atom. The fourth-order valence-electron chi connectivity index (χ4n) is 2.70. The molecule has 0 unspecified atom stereocenters. The molecule has 0 saturated heterocycles. The van der Waals surface area contributed by atoms with Gasteiger partial charge in [0.2, 0.25) is 15.8 Å². The molecule has 0 fully saturated rings. The normalized spacial score (nSPS) is 12.5. The van der Waals surface area contributed by atoms with Crippen LogP contribution in [-0.2, 0) is 22.7 Å². The summed E-state index contributed by atoms with van der Waals surface area (Å²) in [6, 6.07) is 7.43. The highest BCUT2D eigenvalue weighted by molar-refractivity contribution is 7.89. The van der Waals surface area contributed by atoms with Crippen molar-refractivity contribution in [1.29, 1.82) is 0 Å². The van der Waals surface area contributed by atoms with E-state index in [0.717, 1.165) is 11.3 Å². The van der Waals surface area contributed by atoms with Crippen LogP contribution in [0.3, 0.4) is 0 Å². The van der Waals surface area contributed by atoms with E-state index in [1.807, 2.05) is 0 Å². The van der Waals surface area contributed by atoms with Gasteiger partial charge in [-0.05, 0) is 25.5 Å². The monoisotopic (exact) mass is 450 g/mol. The molecule has 1 N–H and O–H groups in total. The van der Waals surface area contributed by atoms with E-state index in [4.69, 9.17) is 11.6 Å². The highest BCUT2D eigenvalue weighted by Crippen LogP contribution is 2.40. The van der Waals surface area contributed by atoms with Gasteiger partial charge in [-0.2, -0.15) is 13.2 Å². The number of rotatable bonds is 5. The number of hydrogen-bond acceptors (Lipinski definition) is 5. The second-order valence-corrected chi connectivity index (χ2v) is 9.45. The number of alkyl halides is 3. The number of hydrogen-bond donors (Lipinski definition) is 1. The van der Waals surface area contributed by atoms with Crippen molar-refractivity contribution >= 4 is 33.0 Å². The molecule has 0 atom stereocenters. The average Bonchev–Trinajstić information content (AvgIpc) is 3.18. The van der Waals surface area contributed by atoms with Gasteiger partial charge in [-0.3, -0.25) is 0 Å². The Kier molecular flexibility index (Phi) is 5.59. The van der Waals surface area contributed by atoms with Gasteiger partial charge in [0.25, 0.3) is 0 Å². The maximum atomic E-state index is 12.9. The van der Waals surface area contributed by atoms with Crippen LogP contribution < -0.4 is 4.72 Å². The van der Waals surface area contributed by atoms with Crippen molar-refractivity contribution in [1.82, 2.24) is 9.88 Å². The Morgan fingerprint density at radius 2 is 1.89 bits per heavy atom. The summed E-state index contributed by atoms with van der Waals surface area (Å²) in [5.74, 6) is -1.29. The fourth-order valence-corrected chi connectivity index (χ4v) is 5.78. The summed E-state index contributed by atoms with van der Waals surface area (Å²) >= 11 is 7.20. The summed E-state index contributed by atoms with van der Waals surface area (Å²) in [4.78, 5) is 0.817. The maximum absolute atomic E-state index is 12.9. The van der Waals surface area contributed by atoms with Crippen molar-refractivity contribution in [2.75, 3.05) is 0 Å². The number of nitrogens with one attached hydrogen (secondary N) is 1. The van der Waals surface area contributed by atoms with E-state index in [1.54, 1.807) is 38.1 Å². The van der Waals surface area contributed by atoms with Crippen molar-refractivity contribution in [3.05, 3.63) is 56.4 Å². The summed E-state index contributed by atoms with van der Waals surface area (Å²) in [6.07, 6.45) is -4.72. The first-order chi connectivity index (χ1) is 13.0. The van der Waals surface area contributed by atoms with E-state index >= 15 is 0 Å². The number of sulfonamides is 1. The van der Waals surface area contributed by atoms with E-state index < -0.39 is 22.0 Å². The third kappa shape index (κ3) is 4.09. The van der Waals surface area contributed by atoms with Gasteiger partial charge in [0.1, 0.15) is 10.6 Å². The van der Waals surface area contributed by atoms with Crippen molar-refractivity contribution in [2.24, 2.45) is 0 Å². The highest BCUT2D eigenvalue weighted by atomic mass is 35.5. The molecule has 0 spiro atoms. The zero-order valence-corrected chi connectivity index (χ0v) is 17.0. The molecule has 2 aromatic heterocycles. The van der Waals surface area contributed by atoms with Gasteiger partial charge >= 0.3 is 6.18 Å². The van der Waals surface area contributed by atoms with Crippen LogP contribution in [0, 0.1) is 13.8 Å². The number of aromatic nitrogens is 1. The highest BCUT2D eigenvalue weighted by Gasteiger charge is 2.37. The van der Waals surface area contributed by atoms with Gasteiger partial charge in [0.15, 0.2) is 0 Å². The molecule has 0 radical (unpaired) electrons. The van der Waals surface area contributed by atoms with Crippen LogP contribution in [-0.4, -0.2) is 13.6 Å². The van der Waals surface area contributed by atoms with Crippen LogP contribution in [0.5, 0.6) is 0 Å². The third-order valence-corrected chi connectivity index (χ3v) is 7.02. The van der Waals surface area contributed by atoms with Crippen LogP contribution in [0.1, 0.15) is 21.1 Å². The summed E-state index contributed by atoms with van der Waals surface area (Å²) in [7, 11) is -4.05. The van der Waals surface area contributed by atoms with Gasteiger partial charge in [-0.25, -0.2) is 13.1 Å². The number of halogens is 4. The predicted molar refractivity (Wildman–Crippen MR) is 99.8 cm³/mol. The minimum Gasteiger partial charge on any atom is -0.351 e. The number of nitrogens with zero attached hydrogens (tertiary/aromatic N) is 1. The van der Waals surface area contributed by atoms with E-state index in [2.05, 4.69) is 14.4 Å². The molecule has 0 aliphatic rings. The van der Waals surface area contributed by atoms with Gasteiger partial charge in [0, 0.05) is 33.0 Å². The lowest BCUT2D eigenvalue weighted by Crippen LogP contribution is -2.24. The summed E-state index contributed by atoms with van der Waals surface area (Å²) < 4.78 is 71.1. The van der Waals surface area contributed by atoms with Crippen molar-refractivity contribution in [2.45, 2.75) is 31.5 Å².